The van der Waals surface area contributed by atoms with Crippen molar-refractivity contribution in [1.82, 2.24) is 5.32 Å². The van der Waals surface area contributed by atoms with E-state index in [0.717, 1.165) is 5.75 Å². The second-order valence-corrected chi connectivity index (χ2v) is 5.16. The lowest BCUT2D eigenvalue weighted by molar-refractivity contribution is -0.151. The Labute approximate surface area is 94.2 Å². The Kier molecular flexibility index (Phi) is 6.97. The Morgan fingerprint density at radius 2 is 1.87 bits per heavy atom. The molecule has 15 heavy (non-hydrogen) atoms. The van der Waals surface area contributed by atoms with Crippen molar-refractivity contribution in [3.63, 3.8) is 0 Å². The van der Waals surface area contributed by atoms with E-state index in [1.807, 2.05) is 12.2 Å². The van der Waals surface area contributed by atoms with E-state index in [1.54, 1.807) is 0 Å². The third-order valence-corrected chi connectivity index (χ3v) is 3.72. The zero-order chi connectivity index (χ0) is 11.8. The van der Waals surface area contributed by atoms with Gasteiger partial charge in [0, 0.05) is 11.5 Å². The van der Waals surface area contributed by atoms with Gasteiger partial charge in [-0.05, 0) is 0 Å². The van der Waals surface area contributed by atoms with Crippen molar-refractivity contribution in [2.75, 3.05) is 11.5 Å². The van der Waals surface area contributed by atoms with E-state index in [0.29, 0.717) is 0 Å². The highest BCUT2D eigenvalue weighted by Crippen LogP contribution is 2.21. The molecule has 0 aliphatic carbocycles. The molecule has 0 heterocycles. The second kappa shape index (κ2) is 7.41. The Morgan fingerprint density at radius 1 is 1.27 bits per heavy atom. The number of nitrogens with one attached hydrogen (secondary N) is 1. The van der Waals surface area contributed by atoms with Crippen molar-refractivity contribution >= 4 is 39.4 Å². The first-order valence-corrected chi connectivity index (χ1v) is 6.48. The zero-order valence-electron chi connectivity index (χ0n) is 7.93. The fourth-order valence-electron chi connectivity index (χ4n) is 0.594. The minimum absolute atomic E-state index is 0.132. The number of rotatable bonds is 6. The fraction of sp³-hybridized carbons (Fsp3) is 0.571. The lowest BCUT2D eigenvalue weighted by atomic mass is 10.3. The highest BCUT2D eigenvalue weighted by atomic mass is 33.1. The summed E-state index contributed by atoms with van der Waals surface area (Å²) in [6.45, 7) is 1.91. The average Bonchev–Trinajstić information content (AvgIpc) is 2.15. The third-order valence-electron chi connectivity index (χ3n) is 1.23. The maximum atomic E-state index is 10.7. The molecule has 0 aromatic heterocycles. The first-order chi connectivity index (χ1) is 6.99. The van der Waals surface area contributed by atoms with E-state index in [9.17, 15) is 14.4 Å². The van der Waals surface area contributed by atoms with Gasteiger partial charge in [-0.3, -0.25) is 4.79 Å². The van der Waals surface area contributed by atoms with Crippen LogP contribution >= 0.6 is 21.6 Å². The molecule has 8 heteroatoms. The SMILES string of the molecule is CCSSC[C@H](NC(=O)C(=O)O)C(=O)O. The molecule has 6 nitrogen and oxygen atoms in total. The number of amides is 1. The van der Waals surface area contributed by atoms with Crippen LogP contribution in [0.2, 0.25) is 0 Å². The van der Waals surface area contributed by atoms with Gasteiger partial charge in [0.25, 0.3) is 0 Å². The van der Waals surface area contributed by atoms with Crippen molar-refractivity contribution in [2.24, 2.45) is 0 Å². The van der Waals surface area contributed by atoms with Crippen LogP contribution in [0.25, 0.3) is 0 Å². The predicted octanol–water partition coefficient (Wildman–Crippen LogP) is 0.0417. The number of carbonyl (C=O) groups is 3. The lowest BCUT2D eigenvalue weighted by Crippen LogP contribution is -2.45. The molecule has 0 bridgehead atoms. The Hall–Kier alpha value is -0.890. The van der Waals surface area contributed by atoms with E-state index in [2.05, 4.69) is 0 Å². The van der Waals surface area contributed by atoms with Crippen molar-refractivity contribution in [3.8, 4) is 0 Å². The molecule has 0 aliphatic rings. The molecule has 0 saturated carbocycles. The van der Waals surface area contributed by atoms with Crippen molar-refractivity contribution < 1.29 is 24.6 Å². The van der Waals surface area contributed by atoms with Crippen LogP contribution in [0.3, 0.4) is 0 Å². The van der Waals surface area contributed by atoms with Crippen molar-refractivity contribution in [2.45, 2.75) is 13.0 Å². The fourth-order valence-corrected chi connectivity index (χ4v) is 2.42. The summed E-state index contributed by atoms with van der Waals surface area (Å²) in [4.78, 5) is 31.5. The topological polar surface area (TPSA) is 104 Å². The summed E-state index contributed by atoms with van der Waals surface area (Å²) in [5.41, 5.74) is 0. The minimum atomic E-state index is -1.69. The van der Waals surface area contributed by atoms with Gasteiger partial charge >= 0.3 is 17.8 Å². The number of hydrogen-bond donors (Lipinski definition) is 3. The Morgan fingerprint density at radius 3 is 2.27 bits per heavy atom. The van der Waals surface area contributed by atoms with E-state index in [-0.39, 0.29) is 5.75 Å². The number of carbonyl (C=O) groups excluding carboxylic acids is 1. The van der Waals surface area contributed by atoms with E-state index < -0.39 is 23.9 Å². The van der Waals surface area contributed by atoms with Gasteiger partial charge in [-0.25, -0.2) is 9.59 Å². The summed E-state index contributed by atoms with van der Waals surface area (Å²) in [7, 11) is 2.72. The third kappa shape index (κ3) is 6.24. The maximum absolute atomic E-state index is 10.7. The second-order valence-electron chi connectivity index (χ2n) is 2.36. The highest BCUT2D eigenvalue weighted by molar-refractivity contribution is 8.76. The van der Waals surface area contributed by atoms with E-state index >= 15 is 0 Å². The standard InChI is InChI=1S/C7H11NO5S2/c1-2-14-15-3-4(6(10)11)8-5(9)7(12)13/h4H,2-3H2,1H3,(H,8,9)(H,10,11)(H,12,13)/t4-/m0/s1. The van der Waals surface area contributed by atoms with Crippen LogP contribution in [-0.4, -0.2) is 45.6 Å². The van der Waals surface area contributed by atoms with Crippen LogP contribution in [0, 0.1) is 0 Å². The van der Waals surface area contributed by atoms with Gasteiger partial charge in [0.15, 0.2) is 0 Å². The minimum Gasteiger partial charge on any atom is -0.480 e. The van der Waals surface area contributed by atoms with Gasteiger partial charge < -0.3 is 15.5 Å². The number of carboxylic acid groups (broad SMARTS) is 2. The van der Waals surface area contributed by atoms with Gasteiger partial charge in [-0.1, -0.05) is 28.5 Å². The van der Waals surface area contributed by atoms with Crippen LogP contribution in [0.1, 0.15) is 6.92 Å². The first-order valence-electron chi connectivity index (χ1n) is 4.00. The molecule has 0 aliphatic heterocycles. The molecule has 86 valence electrons. The van der Waals surface area contributed by atoms with Gasteiger partial charge in [-0.2, -0.15) is 0 Å². The molecule has 0 saturated heterocycles. The molecule has 0 radical (unpaired) electrons. The van der Waals surface area contributed by atoms with Gasteiger partial charge in [-0.15, -0.1) is 0 Å². The lowest BCUT2D eigenvalue weighted by Gasteiger charge is -2.11. The first kappa shape index (κ1) is 14.1. The van der Waals surface area contributed by atoms with Crippen molar-refractivity contribution in [1.29, 1.82) is 0 Å². The summed E-state index contributed by atoms with van der Waals surface area (Å²) in [5, 5.41) is 18.8. The normalized spacial score (nSPS) is 11.8. The van der Waals surface area contributed by atoms with E-state index in [4.69, 9.17) is 10.2 Å². The monoisotopic (exact) mass is 253 g/mol. The van der Waals surface area contributed by atoms with Crippen molar-refractivity contribution in [3.05, 3.63) is 0 Å². The zero-order valence-corrected chi connectivity index (χ0v) is 9.56. The van der Waals surface area contributed by atoms with Gasteiger partial charge in [0.1, 0.15) is 6.04 Å². The summed E-state index contributed by atoms with van der Waals surface area (Å²) < 4.78 is 0. The number of hydrogen-bond acceptors (Lipinski definition) is 5. The summed E-state index contributed by atoms with van der Waals surface area (Å²) in [6.07, 6.45) is 0. The quantitative estimate of drug-likeness (QED) is 0.349. The molecule has 0 aromatic carbocycles. The molecule has 0 aromatic rings. The van der Waals surface area contributed by atoms with Crippen LogP contribution in [0.15, 0.2) is 0 Å². The van der Waals surface area contributed by atoms with E-state index in [1.165, 1.54) is 21.6 Å². The molecule has 1 amide bonds. The average molecular weight is 253 g/mol. The van der Waals surface area contributed by atoms with Crippen LogP contribution in [0.4, 0.5) is 0 Å². The van der Waals surface area contributed by atoms with Crippen LogP contribution < -0.4 is 5.32 Å². The summed E-state index contributed by atoms with van der Waals surface area (Å²) >= 11 is 0. The smallest absolute Gasteiger partial charge is 0.394 e. The van der Waals surface area contributed by atoms with Gasteiger partial charge in [0.2, 0.25) is 0 Å². The van der Waals surface area contributed by atoms with Gasteiger partial charge in [0.05, 0.1) is 0 Å². The molecule has 0 fully saturated rings. The number of aliphatic carboxylic acids is 2. The van der Waals surface area contributed by atoms with Crippen LogP contribution in [-0.2, 0) is 14.4 Å². The molecular formula is C7H11NO5S2. The molecular weight excluding hydrogens is 242 g/mol. The molecule has 3 N–H and O–H groups in total. The molecule has 1 atom stereocenters. The summed E-state index contributed by atoms with van der Waals surface area (Å²) in [6, 6.07) is -1.17. The largest absolute Gasteiger partial charge is 0.480 e. The maximum Gasteiger partial charge on any atom is 0.394 e. The predicted molar refractivity (Wildman–Crippen MR) is 57.8 cm³/mol. The summed E-state index contributed by atoms with van der Waals surface area (Å²) in [5.74, 6) is -3.29. The Bertz CT molecular complexity index is 258. The number of carboxylic acids is 2. The molecule has 0 rings (SSSR count). The highest BCUT2D eigenvalue weighted by Gasteiger charge is 2.23. The molecule has 0 unspecified atom stereocenters. The Balaban J connectivity index is 4.10. The molecule has 0 spiro atoms. The van der Waals surface area contributed by atoms with Crippen LogP contribution in [0.5, 0.6) is 0 Å².